The van der Waals surface area contributed by atoms with Gasteiger partial charge in [-0.1, -0.05) is 23.3 Å². The summed E-state index contributed by atoms with van der Waals surface area (Å²) in [6.45, 7) is 0. The lowest BCUT2D eigenvalue weighted by atomic mass is 10.1. The Labute approximate surface area is 130 Å². The molecular weight excluding hydrogens is 294 g/mol. The normalized spacial score (nSPS) is 11.0. The Hall–Kier alpha value is -3.42. The standard InChI is InChI=1S/C15H11N7O/c1-22-20-15(19-21-22)18-14(23)9-5-4-8-12-13(9)17-11-7-3-2-6-10(11)16-12/h2-8H,1H3,(H,18,20,23). The number of aryl methyl sites for hydroxylation is 1. The van der Waals surface area contributed by atoms with Crippen molar-refractivity contribution in [1.29, 1.82) is 0 Å². The third kappa shape index (κ3) is 2.35. The van der Waals surface area contributed by atoms with Crippen LogP contribution in [0.2, 0.25) is 0 Å². The molecule has 4 rings (SSSR count). The topological polar surface area (TPSA) is 98.5 Å². The molecule has 0 atom stereocenters. The molecule has 1 N–H and O–H groups in total. The zero-order valence-corrected chi connectivity index (χ0v) is 12.1. The quantitative estimate of drug-likeness (QED) is 0.564. The summed E-state index contributed by atoms with van der Waals surface area (Å²) in [5, 5.41) is 14.0. The number of carbonyl (C=O) groups excluding carboxylic acids is 1. The molecule has 0 saturated heterocycles. The molecule has 0 radical (unpaired) electrons. The molecule has 0 spiro atoms. The van der Waals surface area contributed by atoms with Gasteiger partial charge in [-0.05, 0) is 29.5 Å². The minimum Gasteiger partial charge on any atom is -0.288 e. The number of anilines is 1. The lowest BCUT2D eigenvalue weighted by molar-refractivity contribution is 0.102. The number of nitrogens with zero attached hydrogens (tertiary/aromatic N) is 6. The maximum absolute atomic E-state index is 12.5. The van der Waals surface area contributed by atoms with E-state index in [0.717, 1.165) is 11.0 Å². The van der Waals surface area contributed by atoms with E-state index in [2.05, 4.69) is 30.7 Å². The van der Waals surface area contributed by atoms with Gasteiger partial charge in [0.2, 0.25) is 0 Å². The molecule has 112 valence electrons. The lowest BCUT2D eigenvalue weighted by Crippen LogP contribution is -2.14. The fourth-order valence-electron chi connectivity index (χ4n) is 2.33. The van der Waals surface area contributed by atoms with Gasteiger partial charge in [-0.15, -0.1) is 5.10 Å². The Kier molecular flexibility index (Phi) is 2.94. The van der Waals surface area contributed by atoms with Crippen LogP contribution in [0.25, 0.3) is 22.1 Å². The first-order chi connectivity index (χ1) is 11.2. The summed E-state index contributed by atoms with van der Waals surface area (Å²) in [7, 11) is 1.62. The Morgan fingerprint density at radius 2 is 1.74 bits per heavy atom. The van der Waals surface area contributed by atoms with Crippen molar-refractivity contribution in [2.24, 2.45) is 7.05 Å². The average Bonchev–Trinajstić information content (AvgIpc) is 2.97. The van der Waals surface area contributed by atoms with Crippen molar-refractivity contribution in [1.82, 2.24) is 30.2 Å². The van der Waals surface area contributed by atoms with Crippen molar-refractivity contribution in [3.05, 3.63) is 48.0 Å². The molecule has 8 heteroatoms. The molecule has 1 amide bonds. The SMILES string of the molecule is Cn1nnc(NC(=O)c2cccc3nc4ccccc4nc23)n1. The number of para-hydroxylation sites is 3. The number of nitrogens with one attached hydrogen (secondary N) is 1. The first kappa shape index (κ1) is 13.3. The molecule has 0 saturated carbocycles. The number of hydrogen-bond acceptors (Lipinski definition) is 6. The minimum absolute atomic E-state index is 0.142. The minimum atomic E-state index is -0.354. The van der Waals surface area contributed by atoms with Gasteiger partial charge in [-0.25, -0.2) is 9.97 Å². The zero-order valence-electron chi connectivity index (χ0n) is 12.1. The highest BCUT2D eigenvalue weighted by Crippen LogP contribution is 2.19. The van der Waals surface area contributed by atoms with Gasteiger partial charge >= 0.3 is 0 Å². The predicted octanol–water partition coefficient (Wildman–Crippen LogP) is 1.56. The molecule has 0 aliphatic heterocycles. The number of amides is 1. The summed E-state index contributed by atoms with van der Waals surface area (Å²) in [6.07, 6.45) is 0. The maximum atomic E-state index is 12.5. The second kappa shape index (κ2) is 5.09. The van der Waals surface area contributed by atoms with E-state index < -0.39 is 0 Å². The van der Waals surface area contributed by atoms with Gasteiger partial charge in [0.15, 0.2) is 0 Å². The number of carbonyl (C=O) groups is 1. The maximum Gasteiger partial charge on any atom is 0.270 e. The average molecular weight is 305 g/mol. The Balaban J connectivity index is 1.82. The summed E-state index contributed by atoms with van der Waals surface area (Å²) in [5.74, 6) is -0.212. The van der Waals surface area contributed by atoms with Crippen LogP contribution in [0.5, 0.6) is 0 Å². The number of rotatable bonds is 2. The third-order valence-corrected chi connectivity index (χ3v) is 3.35. The van der Waals surface area contributed by atoms with Crippen LogP contribution >= 0.6 is 0 Å². The van der Waals surface area contributed by atoms with Crippen molar-refractivity contribution >= 4 is 33.9 Å². The summed E-state index contributed by atoms with van der Waals surface area (Å²) < 4.78 is 0. The molecule has 2 aromatic heterocycles. The fraction of sp³-hybridized carbons (Fsp3) is 0.0667. The monoisotopic (exact) mass is 305 g/mol. The summed E-state index contributed by atoms with van der Waals surface area (Å²) in [4.78, 5) is 22.8. The van der Waals surface area contributed by atoms with Crippen molar-refractivity contribution in [3.8, 4) is 0 Å². The van der Waals surface area contributed by atoms with Crippen LogP contribution in [0, 0.1) is 0 Å². The second-order valence-electron chi connectivity index (χ2n) is 4.94. The molecule has 0 bridgehead atoms. The molecule has 2 heterocycles. The molecule has 8 nitrogen and oxygen atoms in total. The van der Waals surface area contributed by atoms with Crippen LogP contribution in [-0.2, 0) is 7.05 Å². The Morgan fingerprint density at radius 1 is 1.00 bits per heavy atom. The van der Waals surface area contributed by atoms with Gasteiger partial charge in [0.1, 0.15) is 5.52 Å². The van der Waals surface area contributed by atoms with E-state index in [1.54, 1.807) is 19.2 Å². The smallest absolute Gasteiger partial charge is 0.270 e. The highest BCUT2D eigenvalue weighted by atomic mass is 16.1. The van der Waals surface area contributed by atoms with Crippen LogP contribution in [0.1, 0.15) is 10.4 Å². The van der Waals surface area contributed by atoms with Gasteiger partial charge in [0.25, 0.3) is 11.9 Å². The van der Waals surface area contributed by atoms with Gasteiger partial charge in [0.05, 0.1) is 29.2 Å². The largest absolute Gasteiger partial charge is 0.288 e. The zero-order chi connectivity index (χ0) is 15.8. The first-order valence-corrected chi connectivity index (χ1v) is 6.91. The summed E-state index contributed by atoms with van der Waals surface area (Å²) >= 11 is 0. The van der Waals surface area contributed by atoms with E-state index in [1.165, 1.54) is 4.80 Å². The van der Waals surface area contributed by atoms with Crippen LogP contribution in [0.4, 0.5) is 5.95 Å². The van der Waals surface area contributed by atoms with Crippen molar-refractivity contribution in [3.63, 3.8) is 0 Å². The molecule has 23 heavy (non-hydrogen) atoms. The molecule has 0 aliphatic carbocycles. The number of fused-ring (bicyclic) bond motifs is 2. The highest BCUT2D eigenvalue weighted by Gasteiger charge is 2.14. The van der Waals surface area contributed by atoms with E-state index in [9.17, 15) is 4.79 Å². The molecule has 4 aromatic rings. The predicted molar refractivity (Wildman–Crippen MR) is 83.8 cm³/mol. The molecule has 2 aromatic carbocycles. The molecule has 0 unspecified atom stereocenters. The summed E-state index contributed by atoms with van der Waals surface area (Å²) in [5.41, 5.74) is 3.12. The first-order valence-electron chi connectivity index (χ1n) is 6.91. The van der Waals surface area contributed by atoms with Crippen LogP contribution in [0.3, 0.4) is 0 Å². The van der Waals surface area contributed by atoms with E-state index in [-0.39, 0.29) is 11.9 Å². The van der Waals surface area contributed by atoms with Crippen LogP contribution in [-0.4, -0.2) is 36.1 Å². The second-order valence-corrected chi connectivity index (χ2v) is 4.94. The van der Waals surface area contributed by atoms with Crippen molar-refractivity contribution in [2.45, 2.75) is 0 Å². The van der Waals surface area contributed by atoms with Gasteiger partial charge in [0, 0.05) is 0 Å². The van der Waals surface area contributed by atoms with E-state index in [4.69, 9.17) is 0 Å². The number of aromatic nitrogens is 6. The highest BCUT2D eigenvalue weighted by molar-refractivity contribution is 6.11. The fourth-order valence-corrected chi connectivity index (χ4v) is 2.33. The van der Waals surface area contributed by atoms with Crippen LogP contribution < -0.4 is 5.32 Å². The van der Waals surface area contributed by atoms with E-state index in [0.29, 0.717) is 16.6 Å². The van der Waals surface area contributed by atoms with E-state index >= 15 is 0 Å². The van der Waals surface area contributed by atoms with Crippen molar-refractivity contribution in [2.75, 3.05) is 5.32 Å². The molecule has 0 fully saturated rings. The number of hydrogen-bond donors (Lipinski definition) is 1. The number of benzene rings is 2. The number of tetrazole rings is 1. The summed E-state index contributed by atoms with van der Waals surface area (Å²) in [6, 6.07) is 12.8. The lowest BCUT2D eigenvalue weighted by Gasteiger charge is -2.06. The van der Waals surface area contributed by atoms with E-state index in [1.807, 2.05) is 30.3 Å². The van der Waals surface area contributed by atoms with Gasteiger partial charge in [-0.2, -0.15) is 4.80 Å². The Morgan fingerprint density at radius 3 is 2.48 bits per heavy atom. The van der Waals surface area contributed by atoms with Gasteiger partial charge in [-0.3, -0.25) is 10.1 Å². The van der Waals surface area contributed by atoms with Crippen molar-refractivity contribution < 1.29 is 4.79 Å². The Bertz CT molecular complexity index is 1040. The van der Waals surface area contributed by atoms with Crippen LogP contribution in [0.15, 0.2) is 42.5 Å². The molecular formula is C15H11N7O. The third-order valence-electron chi connectivity index (χ3n) is 3.35. The molecule has 0 aliphatic rings. The van der Waals surface area contributed by atoms with Gasteiger partial charge < -0.3 is 0 Å².